The number of benzene rings is 3. The third-order valence-electron chi connectivity index (χ3n) is 6.50. The van der Waals surface area contributed by atoms with Gasteiger partial charge >= 0.3 is 0 Å². The van der Waals surface area contributed by atoms with Gasteiger partial charge in [0.15, 0.2) is 16.9 Å². The van der Waals surface area contributed by atoms with Gasteiger partial charge in [-0.2, -0.15) is 0 Å². The predicted molar refractivity (Wildman–Crippen MR) is 142 cm³/mol. The molecule has 7 nitrogen and oxygen atoms in total. The Morgan fingerprint density at radius 2 is 1.82 bits per heavy atom. The zero-order valence-corrected chi connectivity index (χ0v) is 21.5. The lowest BCUT2D eigenvalue weighted by molar-refractivity contribution is 0.0971. The summed E-state index contributed by atoms with van der Waals surface area (Å²) in [6.07, 6.45) is 1.88. The molecule has 0 saturated carbocycles. The van der Waals surface area contributed by atoms with E-state index in [-0.39, 0.29) is 22.3 Å². The summed E-state index contributed by atoms with van der Waals surface area (Å²) in [5, 5.41) is 0.0681. The number of amides is 1. The normalized spacial score (nSPS) is 14.6. The fourth-order valence-electron chi connectivity index (χ4n) is 4.70. The van der Waals surface area contributed by atoms with E-state index in [4.69, 9.17) is 18.6 Å². The van der Waals surface area contributed by atoms with Crippen LogP contribution >= 0.6 is 0 Å². The number of halogens is 1. The molecular weight excluding hydrogens is 489 g/mol. The maximum atomic E-state index is 14.1. The van der Waals surface area contributed by atoms with E-state index in [0.717, 1.165) is 18.9 Å². The Morgan fingerprint density at radius 1 is 0.974 bits per heavy atom. The Hall–Kier alpha value is -4.33. The van der Waals surface area contributed by atoms with Crippen LogP contribution in [-0.4, -0.2) is 26.2 Å². The van der Waals surface area contributed by atoms with Gasteiger partial charge in [-0.1, -0.05) is 25.5 Å². The Kier molecular flexibility index (Phi) is 7.05. The first-order chi connectivity index (χ1) is 18.5. The maximum Gasteiger partial charge on any atom is 0.295 e. The van der Waals surface area contributed by atoms with Crippen molar-refractivity contribution >= 4 is 22.6 Å². The number of ether oxygens (including phenoxy) is 3. The Labute approximate surface area is 219 Å². The molecule has 0 N–H and O–H groups in total. The molecule has 1 aliphatic heterocycles. The van der Waals surface area contributed by atoms with Crippen LogP contribution < -0.4 is 24.5 Å². The average molecular weight is 518 g/mol. The summed E-state index contributed by atoms with van der Waals surface area (Å²) in [6, 6.07) is 15.2. The van der Waals surface area contributed by atoms with Gasteiger partial charge in [-0.3, -0.25) is 14.5 Å². The van der Waals surface area contributed by atoms with Crippen molar-refractivity contribution in [1.29, 1.82) is 0 Å². The van der Waals surface area contributed by atoms with Crippen LogP contribution in [0.1, 0.15) is 54.4 Å². The van der Waals surface area contributed by atoms with Crippen molar-refractivity contribution in [2.75, 3.05) is 25.2 Å². The highest BCUT2D eigenvalue weighted by atomic mass is 19.1. The fourth-order valence-corrected chi connectivity index (χ4v) is 4.70. The zero-order valence-electron chi connectivity index (χ0n) is 21.5. The molecular formula is C30H28FNO6. The first-order valence-electron chi connectivity index (χ1n) is 12.6. The summed E-state index contributed by atoms with van der Waals surface area (Å²) in [7, 11) is 1.54. The molecule has 1 unspecified atom stereocenters. The first kappa shape index (κ1) is 25.3. The van der Waals surface area contributed by atoms with Crippen LogP contribution in [0, 0.1) is 5.82 Å². The molecule has 0 saturated heterocycles. The van der Waals surface area contributed by atoms with Gasteiger partial charge < -0.3 is 18.6 Å². The van der Waals surface area contributed by atoms with Gasteiger partial charge in [0.25, 0.3) is 5.91 Å². The van der Waals surface area contributed by atoms with Crippen molar-refractivity contribution in [2.45, 2.75) is 32.7 Å². The van der Waals surface area contributed by atoms with Crippen molar-refractivity contribution < 1.29 is 27.8 Å². The van der Waals surface area contributed by atoms with E-state index in [1.807, 2.05) is 6.92 Å². The lowest BCUT2D eigenvalue weighted by Crippen LogP contribution is -2.29. The van der Waals surface area contributed by atoms with Crippen LogP contribution in [0.15, 0.2) is 69.9 Å². The second kappa shape index (κ2) is 10.6. The molecule has 8 heteroatoms. The molecule has 0 aliphatic carbocycles. The van der Waals surface area contributed by atoms with Crippen LogP contribution in [0.4, 0.5) is 10.1 Å². The molecule has 1 amide bonds. The van der Waals surface area contributed by atoms with Gasteiger partial charge in [-0.15, -0.1) is 0 Å². The van der Waals surface area contributed by atoms with Gasteiger partial charge in [-0.25, -0.2) is 4.39 Å². The Balaban J connectivity index is 1.72. The second-order valence-corrected chi connectivity index (χ2v) is 8.93. The standard InChI is InChI=1S/C30H28FNO6/c1-4-6-14-37-24-12-10-18(15-25(24)36-5-2)27-26-28(33)22-16-19(31)11-13-23(22)38-29(26)30(34)32(27)20-8-7-9-21(17-20)35-3/h7-13,15-17,27H,4-6,14H2,1-3H3. The Morgan fingerprint density at radius 3 is 2.58 bits per heavy atom. The Bertz CT molecular complexity index is 1560. The minimum atomic E-state index is -0.850. The molecule has 1 aliphatic rings. The second-order valence-electron chi connectivity index (χ2n) is 8.93. The number of fused-ring (bicyclic) bond motifs is 2. The van der Waals surface area contributed by atoms with Gasteiger partial charge in [0.05, 0.1) is 37.3 Å². The SMILES string of the molecule is CCCCOc1ccc(C2c3c(oc4ccc(F)cc4c3=O)C(=O)N2c2cccc(OC)c2)cc1OCC. The fraction of sp³-hybridized carbons (Fsp3) is 0.267. The van der Waals surface area contributed by atoms with Crippen molar-refractivity contribution in [3.05, 3.63) is 93.6 Å². The maximum absolute atomic E-state index is 14.1. The van der Waals surface area contributed by atoms with Gasteiger partial charge in [0.1, 0.15) is 17.1 Å². The summed E-state index contributed by atoms with van der Waals surface area (Å²) in [5.41, 5.74) is 0.948. The number of carbonyl (C=O) groups is 1. The lowest BCUT2D eigenvalue weighted by Gasteiger charge is -2.26. The van der Waals surface area contributed by atoms with Crippen LogP contribution in [0.25, 0.3) is 11.0 Å². The number of methoxy groups -OCH3 is 1. The minimum Gasteiger partial charge on any atom is -0.497 e. The van der Waals surface area contributed by atoms with Gasteiger partial charge in [-0.05, 0) is 61.4 Å². The third kappa shape index (κ3) is 4.47. The van der Waals surface area contributed by atoms with Crippen molar-refractivity contribution in [3.8, 4) is 17.2 Å². The molecule has 0 radical (unpaired) electrons. The lowest BCUT2D eigenvalue weighted by atomic mass is 9.97. The first-order valence-corrected chi connectivity index (χ1v) is 12.6. The van der Waals surface area contributed by atoms with Gasteiger partial charge in [0.2, 0.25) is 5.76 Å². The number of carbonyl (C=O) groups excluding carboxylic acids is 1. The average Bonchev–Trinajstić information content (AvgIpc) is 3.22. The van der Waals surface area contributed by atoms with E-state index in [1.54, 1.807) is 42.5 Å². The molecule has 196 valence electrons. The summed E-state index contributed by atoms with van der Waals surface area (Å²) in [4.78, 5) is 29.1. The van der Waals surface area contributed by atoms with E-state index in [2.05, 4.69) is 6.92 Å². The molecule has 0 fully saturated rings. The largest absolute Gasteiger partial charge is 0.497 e. The molecule has 4 aromatic rings. The van der Waals surface area contributed by atoms with E-state index in [1.165, 1.54) is 24.1 Å². The monoisotopic (exact) mass is 517 g/mol. The van der Waals surface area contributed by atoms with Crippen molar-refractivity contribution in [2.24, 2.45) is 0 Å². The number of hydrogen-bond donors (Lipinski definition) is 0. The number of rotatable bonds is 9. The van der Waals surface area contributed by atoms with Crippen molar-refractivity contribution in [3.63, 3.8) is 0 Å². The number of unbranched alkanes of at least 4 members (excludes halogenated alkanes) is 1. The predicted octanol–water partition coefficient (Wildman–Crippen LogP) is 6.27. The van der Waals surface area contributed by atoms with Crippen LogP contribution in [0.3, 0.4) is 0 Å². The van der Waals surface area contributed by atoms with Gasteiger partial charge in [0, 0.05) is 11.8 Å². The third-order valence-corrected chi connectivity index (χ3v) is 6.50. The van der Waals surface area contributed by atoms with E-state index < -0.39 is 23.2 Å². The highest BCUT2D eigenvalue weighted by molar-refractivity contribution is 6.10. The molecule has 5 rings (SSSR count). The topological polar surface area (TPSA) is 78.2 Å². The number of anilines is 1. The zero-order chi connectivity index (χ0) is 26.8. The number of nitrogens with zero attached hydrogens (tertiary/aromatic N) is 1. The van der Waals surface area contributed by atoms with E-state index in [0.29, 0.717) is 41.7 Å². The van der Waals surface area contributed by atoms with Crippen LogP contribution in [0.2, 0.25) is 0 Å². The minimum absolute atomic E-state index is 0.0681. The molecule has 1 atom stereocenters. The van der Waals surface area contributed by atoms with Crippen molar-refractivity contribution in [1.82, 2.24) is 0 Å². The summed E-state index contributed by atoms with van der Waals surface area (Å²) < 4.78 is 37.2. The summed E-state index contributed by atoms with van der Waals surface area (Å²) in [6.45, 7) is 4.89. The quantitative estimate of drug-likeness (QED) is 0.244. The molecule has 3 aromatic carbocycles. The van der Waals surface area contributed by atoms with Crippen LogP contribution in [-0.2, 0) is 0 Å². The molecule has 1 aromatic heterocycles. The molecule has 0 spiro atoms. The van der Waals surface area contributed by atoms with Crippen LogP contribution in [0.5, 0.6) is 17.2 Å². The highest BCUT2D eigenvalue weighted by Crippen LogP contribution is 2.44. The molecule has 38 heavy (non-hydrogen) atoms. The molecule has 0 bridgehead atoms. The molecule has 2 heterocycles. The van der Waals surface area contributed by atoms with E-state index >= 15 is 0 Å². The highest BCUT2D eigenvalue weighted by Gasteiger charge is 2.44. The number of hydrogen-bond acceptors (Lipinski definition) is 6. The summed E-state index contributed by atoms with van der Waals surface area (Å²) in [5.74, 6) is 0.498. The smallest absolute Gasteiger partial charge is 0.295 e. The summed E-state index contributed by atoms with van der Waals surface area (Å²) >= 11 is 0. The van der Waals surface area contributed by atoms with E-state index in [9.17, 15) is 14.0 Å².